The molecule has 40 heavy (non-hydrogen) atoms. The second-order valence-corrected chi connectivity index (χ2v) is 15.4. The van der Waals surface area contributed by atoms with Crippen LogP contribution in [0.5, 0.6) is 0 Å². The zero-order valence-corrected chi connectivity index (χ0v) is 25.1. The number of nitrogens with one attached hydrogen (secondary N) is 1. The number of hydrogen-bond donors (Lipinski definition) is 2. The number of benzene rings is 1. The summed E-state index contributed by atoms with van der Waals surface area (Å²) in [7, 11) is -4.24. The molecule has 1 fully saturated rings. The third-order valence-corrected chi connectivity index (χ3v) is 10.3. The Kier molecular flexibility index (Phi) is 9.45. The zero-order chi connectivity index (χ0) is 30.1. The fourth-order valence-electron chi connectivity index (χ4n) is 4.74. The van der Waals surface area contributed by atoms with Gasteiger partial charge in [-0.2, -0.15) is 13.2 Å². The number of carbonyl (C=O) groups excluding carboxylic acids is 1. The molecule has 0 atom stereocenters. The van der Waals surface area contributed by atoms with E-state index in [1.165, 1.54) is 19.9 Å². The number of thiazole rings is 1. The number of nitrogens with zero attached hydrogens (tertiary/aromatic N) is 1. The molecule has 3 rings (SSSR count). The van der Waals surface area contributed by atoms with E-state index in [4.69, 9.17) is 0 Å². The van der Waals surface area contributed by atoms with Gasteiger partial charge in [-0.3, -0.25) is 9.59 Å². The molecule has 0 saturated heterocycles. The van der Waals surface area contributed by atoms with E-state index >= 15 is 0 Å². The van der Waals surface area contributed by atoms with Crippen LogP contribution in [0.3, 0.4) is 0 Å². The fraction of sp³-hybridized carbons (Fsp3) is 0.607. The Labute approximate surface area is 237 Å². The van der Waals surface area contributed by atoms with E-state index in [2.05, 4.69) is 10.3 Å². The topological polar surface area (TPSA) is 113 Å². The summed E-state index contributed by atoms with van der Waals surface area (Å²) in [5, 5.41) is 11.9. The SMILES string of the molecule is CC(C)(C)CS(=O)(=O)c1ccc(-c2sc(C(=O)NCC(C)(C)C(=O)O)nc2CC2CCCCC2)cc1C(F)(F)F. The summed E-state index contributed by atoms with van der Waals surface area (Å²) >= 11 is 0.924. The van der Waals surface area contributed by atoms with Gasteiger partial charge in [0.1, 0.15) is 0 Å². The minimum atomic E-state index is -4.92. The van der Waals surface area contributed by atoms with Gasteiger partial charge in [-0.05, 0) is 49.3 Å². The minimum Gasteiger partial charge on any atom is -0.481 e. The van der Waals surface area contributed by atoms with Crippen LogP contribution < -0.4 is 5.32 Å². The lowest BCUT2D eigenvalue weighted by Gasteiger charge is -2.22. The first-order valence-corrected chi connectivity index (χ1v) is 15.7. The van der Waals surface area contributed by atoms with Crippen LogP contribution in [-0.2, 0) is 27.2 Å². The Morgan fingerprint density at radius 3 is 2.25 bits per heavy atom. The molecule has 2 N–H and O–H groups in total. The highest BCUT2D eigenvalue weighted by molar-refractivity contribution is 7.91. The van der Waals surface area contributed by atoms with E-state index < -0.39 is 54.9 Å². The Hall–Kier alpha value is -2.47. The molecular weight excluding hydrogens is 565 g/mol. The molecule has 222 valence electrons. The third kappa shape index (κ3) is 8.05. The molecule has 0 radical (unpaired) electrons. The summed E-state index contributed by atoms with van der Waals surface area (Å²) in [5.41, 5.74) is -2.60. The first-order chi connectivity index (χ1) is 18.3. The van der Waals surface area contributed by atoms with Crippen molar-refractivity contribution >= 4 is 33.1 Å². The van der Waals surface area contributed by atoms with Gasteiger partial charge in [-0.1, -0.05) is 58.9 Å². The van der Waals surface area contributed by atoms with E-state index in [0.717, 1.165) is 55.6 Å². The van der Waals surface area contributed by atoms with Crippen molar-refractivity contribution < 1.29 is 36.3 Å². The molecular formula is C28H37F3N2O5S2. The Morgan fingerprint density at radius 1 is 1.07 bits per heavy atom. The van der Waals surface area contributed by atoms with Crippen LogP contribution in [0, 0.1) is 16.7 Å². The highest BCUT2D eigenvalue weighted by Crippen LogP contribution is 2.41. The van der Waals surface area contributed by atoms with Crippen LogP contribution in [0.15, 0.2) is 23.1 Å². The second-order valence-electron chi connectivity index (χ2n) is 12.4. The summed E-state index contributed by atoms with van der Waals surface area (Å²) in [4.78, 5) is 28.5. The van der Waals surface area contributed by atoms with Crippen molar-refractivity contribution in [3.8, 4) is 10.4 Å². The van der Waals surface area contributed by atoms with Gasteiger partial charge in [0, 0.05) is 6.54 Å². The average Bonchev–Trinajstić information content (AvgIpc) is 3.24. The molecule has 0 unspecified atom stereocenters. The number of aromatic nitrogens is 1. The standard InChI is InChI=1S/C28H37F3N2O5S2/c1-26(2,3)16-40(37,38)21-12-11-18(14-19(21)28(29,30)31)22-20(13-17-9-7-6-8-10-17)33-24(39-22)23(34)32-15-27(4,5)25(35)36/h11-12,14,17H,6-10,13,15-16H2,1-5H3,(H,32,34)(H,35,36). The summed E-state index contributed by atoms with van der Waals surface area (Å²) < 4.78 is 68.6. The van der Waals surface area contributed by atoms with Gasteiger partial charge in [0.15, 0.2) is 14.8 Å². The van der Waals surface area contributed by atoms with E-state index in [-0.39, 0.29) is 23.0 Å². The first-order valence-electron chi connectivity index (χ1n) is 13.3. The number of sulfone groups is 1. The van der Waals surface area contributed by atoms with Crippen LogP contribution in [0.25, 0.3) is 10.4 Å². The molecule has 1 aliphatic rings. The molecule has 1 aromatic carbocycles. The maximum atomic E-state index is 14.2. The highest BCUT2D eigenvalue weighted by Gasteiger charge is 2.39. The number of rotatable bonds is 9. The average molecular weight is 603 g/mol. The molecule has 1 aromatic heterocycles. The van der Waals surface area contributed by atoms with Crippen molar-refractivity contribution in [2.45, 2.75) is 84.2 Å². The molecule has 7 nitrogen and oxygen atoms in total. The van der Waals surface area contributed by atoms with Crippen molar-refractivity contribution in [3.05, 3.63) is 34.5 Å². The number of hydrogen-bond acceptors (Lipinski definition) is 6. The van der Waals surface area contributed by atoms with E-state index in [1.54, 1.807) is 20.8 Å². The number of carbonyl (C=O) groups is 2. The molecule has 2 aromatic rings. The third-order valence-electron chi connectivity index (χ3n) is 6.87. The van der Waals surface area contributed by atoms with Gasteiger partial charge in [0.25, 0.3) is 5.91 Å². The van der Waals surface area contributed by atoms with E-state index in [1.807, 2.05) is 0 Å². The van der Waals surface area contributed by atoms with Gasteiger partial charge < -0.3 is 10.4 Å². The van der Waals surface area contributed by atoms with Crippen molar-refractivity contribution in [1.29, 1.82) is 0 Å². The molecule has 1 heterocycles. The zero-order valence-electron chi connectivity index (χ0n) is 23.4. The molecule has 0 aliphatic heterocycles. The Balaban J connectivity index is 2.07. The van der Waals surface area contributed by atoms with Crippen molar-refractivity contribution in [2.24, 2.45) is 16.7 Å². The smallest absolute Gasteiger partial charge is 0.417 e. The van der Waals surface area contributed by atoms with Crippen LogP contribution in [-0.4, -0.2) is 42.7 Å². The van der Waals surface area contributed by atoms with Crippen LogP contribution in [0.1, 0.15) is 87.8 Å². The van der Waals surface area contributed by atoms with E-state index in [9.17, 15) is 36.3 Å². The van der Waals surface area contributed by atoms with Gasteiger partial charge in [-0.15, -0.1) is 11.3 Å². The second kappa shape index (κ2) is 11.8. The minimum absolute atomic E-state index is 0.0139. The van der Waals surface area contributed by atoms with E-state index in [0.29, 0.717) is 17.0 Å². The normalized spacial score (nSPS) is 15.7. The highest BCUT2D eigenvalue weighted by atomic mass is 32.2. The first kappa shape index (κ1) is 32.0. The molecule has 12 heteroatoms. The monoisotopic (exact) mass is 602 g/mol. The molecule has 1 saturated carbocycles. The molecule has 1 aliphatic carbocycles. The lowest BCUT2D eigenvalue weighted by atomic mass is 9.85. The predicted molar refractivity (Wildman–Crippen MR) is 148 cm³/mol. The molecule has 0 bridgehead atoms. The van der Waals surface area contributed by atoms with Crippen LogP contribution in [0.2, 0.25) is 0 Å². The Bertz CT molecular complexity index is 1350. The van der Waals surface area contributed by atoms with Gasteiger partial charge in [0.05, 0.1) is 32.2 Å². The molecule has 1 amide bonds. The summed E-state index contributed by atoms with van der Waals surface area (Å²) in [6.07, 6.45) is 0.651. The van der Waals surface area contributed by atoms with Gasteiger partial charge >= 0.3 is 12.1 Å². The number of carboxylic acids is 1. The lowest BCUT2D eigenvalue weighted by Crippen LogP contribution is -2.38. The fourth-order valence-corrected chi connectivity index (χ4v) is 7.83. The quantitative estimate of drug-likeness (QED) is 0.334. The van der Waals surface area contributed by atoms with Gasteiger partial charge in [-0.25, -0.2) is 13.4 Å². The lowest BCUT2D eigenvalue weighted by molar-refractivity contribution is -0.146. The van der Waals surface area contributed by atoms with Crippen molar-refractivity contribution in [3.63, 3.8) is 0 Å². The number of carboxylic acid groups (broad SMARTS) is 1. The number of amides is 1. The van der Waals surface area contributed by atoms with Crippen LogP contribution >= 0.6 is 11.3 Å². The number of alkyl halides is 3. The summed E-state index contributed by atoms with van der Waals surface area (Å²) in [6.45, 7) is 7.70. The van der Waals surface area contributed by atoms with Crippen LogP contribution in [0.4, 0.5) is 13.2 Å². The summed E-state index contributed by atoms with van der Waals surface area (Å²) in [6, 6.07) is 3.18. The largest absolute Gasteiger partial charge is 0.481 e. The number of halogens is 3. The number of aliphatic carboxylic acids is 1. The van der Waals surface area contributed by atoms with Crippen molar-refractivity contribution in [1.82, 2.24) is 10.3 Å². The molecule has 0 spiro atoms. The maximum absolute atomic E-state index is 14.2. The maximum Gasteiger partial charge on any atom is 0.417 e. The predicted octanol–water partition coefficient (Wildman–Crippen LogP) is 6.61. The van der Waals surface area contributed by atoms with Crippen molar-refractivity contribution in [2.75, 3.05) is 12.3 Å². The summed E-state index contributed by atoms with van der Waals surface area (Å²) in [5.74, 6) is -1.89. The van der Waals surface area contributed by atoms with Gasteiger partial charge in [0.2, 0.25) is 0 Å². The Morgan fingerprint density at radius 2 is 1.70 bits per heavy atom.